The summed E-state index contributed by atoms with van der Waals surface area (Å²) in [6, 6.07) is -4.50. The number of hydrogen-bond donors (Lipinski definition) is 7. The van der Waals surface area contributed by atoms with Gasteiger partial charge in [0.2, 0.25) is 17.7 Å². The van der Waals surface area contributed by atoms with Gasteiger partial charge in [-0.25, -0.2) is 4.79 Å². The number of carbonyl (C=O) groups excluding carboxylic acids is 3. The molecule has 160 valence electrons. The second-order valence-corrected chi connectivity index (χ2v) is 6.96. The van der Waals surface area contributed by atoms with E-state index in [9.17, 15) is 29.1 Å². The highest BCUT2D eigenvalue weighted by Crippen LogP contribution is 2.05. The minimum absolute atomic E-state index is 0.0959. The number of aliphatic carboxylic acids is 2. The smallest absolute Gasteiger partial charge is 0.326 e. The van der Waals surface area contributed by atoms with Crippen molar-refractivity contribution in [2.24, 2.45) is 11.7 Å². The van der Waals surface area contributed by atoms with Crippen LogP contribution in [0, 0.1) is 5.92 Å². The fourth-order valence-corrected chi connectivity index (χ4v) is 2.33. The Labute approximate surface area is 168 Å². The molecule has 0 aromatic heterocycles. The fraction of sp³-hybridized carbons (Fsp3) is 0.688. The van der Waals surface area contributed by atoms with Crippen LogP contribution in [0.3, 0.4) is 0 Å². The van der Waals surface area contributed by atoms with E-state index in [4.69, 9.17) is 10.8 Å². The van der Waals surface area contributed by atoms with Gasteiger partial charge in [-0.2, -0.15) is 12.6 Å². The van der Waals surface area contributed by atoms with Gasteiger partial charge in [0.15, 0.2) is 0 Å². The average molecular weight is 420 g/mol. The zero-order chi connectivity index (χ0) is 22.0. The molecule has 0 saturated carbocycles. The third kappa shape index (κ3) is 9.04. The van der Waals surface area contributed by atoms with Crippen LogP contribution < -0.4 is 21.7 Å². The highest BCUT2D eigenvalue weighted by molar-refractivity contribution is 7.80. The molecule has 0 aliphatic carbocycles. The quantitative estimate of drug-likeness (QED) is 0.182. The summed E-state index contributed by atoms with van der Waals surface area (Å²) in [6.07, 6.45) is -0.701. The Morgan fingerprint density at radius 2 is 1.39 bits per heavy atom. The average Bonchev–Trinajstić information content (AvgIpc) is 2.59. The molecule has 12 heteroatoms. The van der Waals surface area contributed by atoms with E-state index in [0.717, 1.165) is 0 Å². The molecule has 28 heavy (non-hydrogen) atoms. The lowest BCUT2D eigenvalue weighted by atomic mass is 10.0. The van der Waals surface area contributed by atoms with Gasteiger partial charge in [-0.05, 0) is 19.3 Å². The lowest BCUT2D eigenvalue weighted by Crippen LogP contribution is -2.58. The lowest BCUT2D eigenvalue weighted by Gasteiger charge is -2.25. The molecule has 4 unspecified atom stereocenters. The molecule has 0 aromatic carbocycles. The Hall–Kier alpha value is -2.34. The predicted octanol–water partition coefficient (Wildman–Crippen LogP) is -1.68. The highest BCUT2D eigenvalue weighted by atomic mass is 32.1. The van der Waals surface area contributed by atoms with E-state index in [-0.39, 0.29) is 12.2 Å². The molecule has 0 rings (SSSR count). The molecule has 0 aliphatic rings. The number of amides is 3. The van der Waals surface area contributed by atoms with Crippen molar-refractivity contribution in [3.63, 3.8) is 0 Å². The van der Waals surface area contributed by atoms with Gasteiger partial charge >= 0.3 is 11.9 Å². The molecule has 3 amide bonds. The standard InChI is InChI=1S/C16H28N4O7S/c1-7(2)12(16(26)27)20-14(24)9(4-5-11(21)22)18-15(25)10(6-28)19-13(23)8(3)17/h7-10,12,28H,4-6,17H2,1-3H3,(H,18,25)(H,19,23)(H,20,24)(H,21,22)(H,26,27). The van der Waals surface area contributed by atoms with Crippen molar-refractivity contribution in [3.8, 4) is 0 Å². The first-order valence-corrected chi connectivity index (χ1v) is 9.26. The summed E-state index contributed by atoms with van der Waals surface area (Å²) in [5.74, 6) is -5.20. The van der Waals surface area contributed by atoms with E-state index in [0.29, 0.717) is 0 Å². The first-order chi connectivity index (χ1) is 12.9. The van der Waals surface area contributed by atoms with Crippen molar-refractivity contribution in [3.05, 3.63) is 0 Å². The second-order valence-electron chi connectivity index (χ2n) is 6.59. The van der Waals surface area contributed by atoms with Gasteiger partial charge in [-0.1, -0.05) is 13.8 Å². The molecule has 4 atom stereocenters. The van der Waals surface area contributed by atoms with Gasteiger partial charge < -0.3 is 31.9 Å². The molecule has 0 aliphatic heterocycles. The number of carboxylic acid groups (broad SMARTS) is 2. The predicted molar refractivity (Wildman–Crippen MR) is 103 cm³/mol. The van der Waals surface area contributed by atoms with E-state index in [1.807, 2.05) is 0 Å². The summed E-state index contributed by atoms with van der Waals surface area (Å²) >= 11 is 3.98. The Morgan fingerprint density at radius 3 is 1.79 bits per heavy atom. The van der Waals surface area contributed by atoms with Crippen molar-refractivity contribution >= 4 is 42.3 Å². The summed E-state index contributed by atoms with van der Waals surface area (Å²) in [5.41, 5.74) is 5.43. The Kier molecular flexibility index (Phi) is 11.2. The molecule has 11 nitrogen and oxygen atoms in total. The maximum Gasteiger partial charge on any atom is 0.326 e. The zero-order valence-corrected chi connectivity index (χ0v) is 16.9. The summed E-state index contributed by atoms with van der Waals surface area (Å²) < 4.78 is 0. The fourth-order valence-electron chi connectivity index (χ4n) is 2.07. The summed E-state index contributed by atoms with van der Waals surface area (Å²) in [5, 5.41) is 25.0. The van der Waals surface area contributed by atoms with E-state index in [1.165, 1.54) is 6.92 Å². The van der Waals surface area contributed by atoms with Crippen LogP contribution in [-0.2, 0) is 24.0 Å². The van der Waals surface area contributed by atoms with Gasteiger partial charge in [0.05, 0.1) is 6.04 Å². The molecule has 0 spiro atoms. The number of nitrogens with two attached hydrogens (primary N) is 1. The number of nitrogens with one attached hydrogen (secondary N) is 3. The molecule has 0 bridgehead atoms. The van der Waals surface area contributed by atoms with E-state index in [2.05, 4.69) is 28.6 Å². The number of carboxylic acids is 2. The van der Waals surface area contributed by atoms with E-state index in [1.54, 1.807) is 13.8 Å². The largest absolute Gasteiger partial charge is 0.481 e. The Morgan fingerprint density at radius 1 is 0.893 bits per heavy atom. The van der Waals surface area contributed by atoms with Crippen LogP contribution in [0.2, 0.25) is 0 Å². The summed E-state index contributed by atoms with van der Waals surface area (Å²) in [4.78, 5) is 58.6. The molecule has 0 heterocycles. The molecule has 7 N–H and O–H groups in total. The lowest BCUT2D eigenvalue weighted by molar-refractivity contribution is -0.144. The first-order valence-electron chi connectivity index (χ1n) is 8.62. The van der Waals surface area contributed by atoms with Crippen LogP contribution >= 0.6 is 12.6 Å². The van der Waals surface area contributed by atoms with Crippen LogP contribution in [0.1, 0.15) is 33.6 Å². The number of carbonyl (C=O) groups is 5. The van der Waals surface area contributed by atoms with Gasteiger partial charge in [-0.15, -0.1) is 0 Å². The molecule has 0 aromatic rings. The van der Waals surface area contributed by atoms with Crippen LogP contribution in [0.5, 0.6) is 0 Å². The van der Waals surface area contributed by atoms with Crippen LogP contribution in [0.4, 0.5) is 0 Å². The van der Waals surface area contributed by atoms with Crippen LogP contribution in [-0.4, -0.2) is 69.8 Å². The van der Waals surface area contributed by atoms with Crippen molar-refractivity contribution in [1.29, 1.82) is 0 Å². The number of hydrogen-bond acceptors (Lipinski definition) is 7. The third-order valence-corrected chi connectivity index (χ3v) is 4.10. The van der Waals surface area contributed by atoms with Crippen molar-refractivity contribution in [1.82, 2.24) is 16.0 Å². The Balaban J connectivity index is 5.29. The molecule has 0 radical (unpaired) electrons. The van der Waals surface area contributed by atoms with Gasteiger partial charge in [0, 0.05) is 12.2 Å². The summed E-state index contributed by atoms with van der Waals surface area (Å²) in [6.45, 7) is 4.60. The molecule has 0 saturated heterocycles. The minimum atomic E-state index is -1.31. The number of rotatable bonds is 12. The molecular weight excluding hydrogens is 392 g/mol. The number of thiol groups is 1. The molecular formula is C16H28N4O7S. The normalized spacial score (nSPS) is 15.1. The highest BCUT2D eigenvalue weighted by Gasteiger charge is 2.30. The van der Waals surface area contributed by atoms with E-state index < -0.39 is 66.2 Å². The zero-order valence-electron chi connectivity index (χ0n) is 16.0. The molecule has 0 fully saturated rings. The maximum atomic E-state index is 12.4. The topological polar surface area (TPSA) is 188 Å². The maximum absolute atomic E-state index is 12.4. The minimum Gasteiger partial charge on any atom is -0.481 e. The SMILES string of the molecule is CC(N)C(=O)NC(CS)C(=O)NC(CCC(=O)O)C(=O)NC(C(=O)O)C(C)C. The van der Waals surface area contributed by atoms with Crippen LogP contribution in [0.15, 0.2) is 0 Å². The third-order valence-electron chi connectivity index (χ3n) is 3.74. The van der Waals surface area contributed by atoms with Gasteiger partial charge in [0.25, 0.3) is 0 Å². The Bertz CT molecular complexity index is 598. The van der Waals surface area contributed by atoms with Gasteiger partial charge in [0.1, 0.15) is 18.1 Å². The summed E-state index contributed by atoms with van der Waals surface area (Å²) in [7, 11) is 0. The van der Waals surface area contributed by atoms with Gasteiger partial charge in [-0.3, -0.25) is 19.2 Å². The van der Waals surface area contributed by atoms with Crippen molar-refractivity contribution in [2.75, 3.05) is 5.75 Å². The van der Waals surface area contributed by atoms with Crippen molar-refractivity contribution < 1.29 is 34.2 Å². The first kappa shape index (κ1) is 25.7. The van der Waals surface area contributed by atoms with Crippen LogP contribution in [0.25, 0.3) is 0 Å². The van der Waals surface area contributed by atoms with Crippen molar-refractivity contribution in [2.45, 2.75) is 57.8 Å². The van der Waals surface area contributed by atoms with E-state index >= 15 is 0 Å². The second kappa shape index (κ2) is 12.2. The monoisotopic (exact) mass is 420 g/mol.